The minimum absolute atomic E-state index is 0.135. The number of benzene rings is 1. The van der Waals surface area contributed by atoms with Crippen LogP contribution in [0.4, 0.5) is 8.78 Å². The molecule has 0 radical (unpaired) electrons. The second-order valence-corrected chi connectivity index (χ2v) is 5.86. The van der Waals surface area contributed by atoms with Crippen LogP contribution in [0.1, 0.15) is 17.3 Å². The van der Waals surface area contributed by atoms with Crippen molar-refractivity contribution in [2.24, 2.45) is 0 Å². The Hall–Kier alpha value is -1.80. The fourth-order valence-corrected chi connectivity index (χ4v) is 2.72. The van der Waals surface area contributed by atoms with Crippen molar-refractivity contribution < 1.29 is 18.3 Å². The van der Waals surface area contributed by atoms with Gasteiger partial charge in [-0.2, -0.15) is 0 Å². The summed E-state index contributed by atoms with van der Waals surface area (Å²) < 4.78 is 33.3. The highest BCUT2D eigenvalue weighted by molar-refractivity contribution is 8.00. The molecule has 118 valence electrons. The van der Waals surface area contributed by atoms with Gasteiger partial charge in [0, 0.05) is 19.7 Å². The molecule has 0 N–H and O–H groups in total. The molecule has 2 rings (SSSR count). The Morgan fingerprint density at radius 2 is 2.23 bits per heavy atom. The molecule has 0 amide bonds. The smallest absolute Gasteiger partial charge is 0.191 e. The number of hydrogen-bond acceptors (Lipinski definition) is 5. The van der Waals surface area contributed by atoms with Gasteiger partial charge in [-0.05, 0) is 19.1 Å². The SMILES string of the molecule is COCCn1cnnc1SC(C)C(=O)c1ccc(F)cc1F. The molecular weight excluding hydrogens is 312 g/mol. The maximum atomic E-state index is 13.7. The first-order valence-electron chi connectivity index (χ1n) is 6.55. The van der Waals surface area contributed by atoms with Crippen molar-refractivity contribution in [1.82, 2.24) is 14.8 Å². The molecule has 1 atom stereocenters. The summed E-state index contributed by atoms with van der Waals surface area (Å²) in [4.78, 5) is 12.3. The van der Waals surface area contributed by atoms with Crippen LogP contribution in [-0.4, -0.2) is 39.5 Å². The van der Waals surface area contributed by atoms with Crippen molar-refractivity contribution in [3.63, 3.8) is 0 Å². The second-order valence-electron chi connectivity index (χ2n) is 4.55. The van der Waals surface area contributed by atoms with Crippen molar-refractivity contribution in [1.29, 1.82) is 0 Å². The molecule has 0 spiro atoms. The van der Waals surface area contributed by atoms with Crippen LogP contribution in [-0.2, 0) is 11.3 Å². The number of ketones is 1. The Labute approximate surface area is 130 Å². The summed E-state index contributed by atoms with van der Waals surface area (Å²) in [5.41, 5.74) is -0.135. The number of halogens is 2. The van der Waals surface area contributed by atoms with E-state index in [-0.39, 0.29) is 5.56 Å². The molecule has 1 heterocycles. The summed E-state index contributed by atoms with van der Waals surface area (Å²) in [7, 11) is 1.58. The molecule has 0 saturated carbocycles. The number of ether oxygens (including phenoxy) is 1. The molecular formula is C14H15F2N3O2S. The van der Waals surface area contributed by atoms with Gasteiger partial charge in [-0.3, -0.25) is 4.79 Å². The van der Waals surface area contributed by atoms with Gasteiger partial charge in [-0.1, -0.05) is 11.8 Å². The van der Waals surface area contributed by atoms with E-state index in [1.54, 1.807) is 18.6 Å². The van der Waals surface area contributed by atoms with E-state index in [4.69, 9.17) is 4.74 Å². The molecule has 8 heteroatoms. The Balaban J connectivity index is 2.10. The predicted octanol–water partition coefficient (Wildman–Crippen LogP) is 2.57. The third kappa shape index (κ3) is 3.89. The molecule has 1 aromatic carbocycles. The normalized spacial score (nSPS) is 12.4. The van der Waals surface area contributed by atoms with Crippen LogP contribution in [0.3, 0.4) is 0 Å². The third-order valence-electron chi connectivity index (χ3n) is 2.96. The lowest BCUT2D eigenvalue weighted by Crippen LogP contribution is -2.16. The van der Waals surface area contributed by atoms with Gasteiger partial charge in [0.2, 0.25) is 0 Å². The average molecular weight is 327 g/mol. The zero-order valence-electron chi connectivity index (χ0n) is 12.1. The zero-order valence-corrected chi connectivity index (χ0v) is 12.9. The van der Waals surface area contributed by atoms with E-state index in [9.17, 15) is 13.6 Å². The predicted molar refractivity (Wildman–Crippen MR) is 77.9 cm³/mol. The molecule has 1 aromatic heterocycles. The second kappa shape index (κ2) is 7.46. The molecule has 0 aliphatic heterocycles. The highest BCUT2D eigenvalue weighted by Gasteiger charge is 2.22. The fraction of sp³-hybridized carbons (Fsp3) is 0.357. The van der Waals surface area contributed by atoms with E-state index in [1.165, 1.54) is 18.1 Å². The van der Waals surface area contributed by atoms with Gasteiger partial charge in [-0.25, -0.2) is 8.78 Å². The van der Waals surface area contributed by atoms with E-state index in [1.807, 2.05) is 0 Å². The molecule has 0 aliphatic rings. The molecule has 0 aliphatic carbocycles. The van der Waals surface area contributed by atoms with Gasteiger partial charge < -0.3 is 9.30 Å². The standard InChI is InChI=1S/C14H15F2N3O2S/c1-9(13(20)11-4-3-10(15)7-12(11)16)22-14-18-17-8-19(14)5-6-21-2/h3-4,7-9H,5-6H2,1-2H3. The summed E-state index contributed by atoms with van der Waals surface area (Å²) in [5, 5.41) is 7.69. The number of Topliss-reactive ketones (excluding diaryl/α,β-unsaturated/α-hetero) is 1. The highest BCUT2D eigenvalue weighted by Crippen LogP contribution is 2.25. The van der Waals surface area contributed by atoms with Crippen molar-refractivity contribution in [2.75, 3.05) is 13.7 Å². The van der Waals surface area contributed by atoms with Crippen molar-refractivity contribution in [2.45, 2.75) is 23.9 Å². The lowest BCUT2D eigenvalue weighted by atomic mass is 10.1. The van der Waals surface area contributed by atoms with Crippen LogP contribution in [0.2, 0.25) is 0 Å². The molecule has 5 nitrogen and oxygen atoms in total. The molecule has 2 aromatic rings. The minimum Gasteiger partial charge on any atom is -0.383 e. The summed E-state index contributed by atoms with van der Waals surface area (Å²) in [5.74, 6) is -2.00. The van der Waals surface area contributed by atoms with Crippen molar-refractivity contribution in [3.05, 3.63) is 41.7 Å². The lowest BCUT2D eigenvalue weighted by molar-refractivity contribution is 0.0990. The number of thioether (sulfide) groups is 1. The van der Waals surface area contributed by atoms with Gasteiger partial charge in [0.15, 0.2) is 10.9 Å². The third-order valence-corrected chi connectivity index (χ3v) is 4.06. The van der Waals surface area contributed by atoms with E-state index < -0.39 is 22.7 Å². The number of carbonyl (C=O) groups excluding carboxylic acids is 1. The maximum absolute atomic E-state index is 13.7. The molecule has 0 saturated heterocycles. The van der Waals surface area contributed by atoms with E-state index in [2.05, 4.69) is 10.2 Å². The van der Waals surface area contributed by atoms with E-state index >= 15 is 0 Å². The lowest BCUT2D eigenvalue weighted by Gasteiger charge is -2.11. The van der Waals surface area contributed by atoms with Gasteiger partial charge >= 0.3 is 0 Å². The number of aromatic nitrogens is 3. The quantitative estimate of drug-likeness (QED) is 0.578. The molecule has 1 unspecified atom stereocenters. The molecule has 0 fully saturated rings. The zero-order chi connectivity index (χ0) is 16.1. The summed E-state index contributed by atoms with van der Waals surface area (Å²) in [6, 6.07) is 2.92. The number of rotatable bonds is 7. The average Bonchev–Trinajstić information content (AvgIpc) is 2.91. The van der Waals surface area contributed by atoms with Gasteiger partial charge in [-0.15, -0.1) is 10.2 Å². The molecule has 22 heavy (non-hydrogen) atoms. The van der Waals surface area contributed by atoms with Gasteiger partial charge in [0.05, 0.1) is 17.4 Å². The summed E-state index contributed by atoms with van der Waals surface area (Å²) in [6.07, 6.45) is 1.54. The number of nitrogens with zero attached hydrogens (tertiary/aromatic N) is 3. The van der Waals surface area contributed by atoms with Crippen LogP contribution < -0.4 is 0 Å². The van der Waals surface area contributed by atoms with Gasteiger partial charge in [0.1, 0.15) is 18.0 Å². The van der Waals surface area contributed by atoms with Crippen LogP contribution in [0, 0.1) is 11.6 Å². The first-order valence-corrected chi connectivity index (χ1v) is 7.43. The number of carbonyl (C=O) groups is 1. The Kier molecular flexibility index (Phi) is 5.62. The summed E-state index contributed by atoms with van der Waals surface area (Å²) in [6.45, 7) is 2.68. The topological polar surface area (TPSA) is 57.0 Å². The Bertz CT molecular complexity index is 663. The number of methoxy groups -OCH3 is 1. The Morgan fingerprint density at radius 1 is 1.45 bits per heavy atom. The molecule has 0 bridgehead atoms. The van der Waals surface area contributed by atoms with Gasteiger partial charge in [0.25, 0.3) is 0 Å². The van der Waals surface area contributed by atoms with Crippen LogP contribution in [0.15, 0.2) is 29.7 Å². The first kappa shape index (κ1) is 16.6. The van der Waals surface area contributed by atoms with E-state index in [0.29, 0.717) is 24.4 Å². The van der Waals surface area contributed by atoms with Crippen LogP contribution >= 0.6 is 11.8 Å². The van der Waals surface area contributed by atoms with Crippen molar-refractivity contribution >= 4 is 17.5 Å². The monoisotopic (exact) mass is 327 g/mol. The highest BCUT2D eigenvalue weighted by atomic mass is 32.2. The fourth-order valence-electron chi connectivity index (χ4n) is 1.80. The summed E-state index contributed by atoms with van der Waals surface area (Å²) >= 11 is 1.17. The first-order chi connectivity index (χ1) is 10.5. The number of hydrogen-bond donors (Lipinski definition) is 0. The largest absolute Gasteiger partial charge is 0.383 e. The van der Waals surface area contributed by atoms with E-state index in [0.717, 1.165) is 12.1 Å². The van der Waals surface area contributed by atoms with Crippen molar-refractivity contribution in [3.8, 4) is 0 Å². The maximum Gasteiger partial charge on any atom is 0.191 e. The Morgan fingerprint density at radius 3 is 2.91 bits per heavy atom. The van der Waals surface area contributed by atoms with Crippen LogP contribution in [0.5, 0.6) is 0 Å². The van der Waals surface area contributed by atoms with Crippen LogP contribution in [0.25, 0.3) is 0 Å². The minimum atomic E-state index is -0.863.